The minimum Gasteiger partial charge on any atom is -0.595 e. The van der Waals surface area contributed by atoms with Gasteiger partial charge in [-0.05, 0) is 22.9 Å². The first kappa shape index (κ1) is 18.4. The summed E-state index contributed by atoms with van der Waals surface area (Å²) in [6.07, 6.45) is 1.59. The van der Waals surface area contributed by atoms with E-state index in [1.165, 1.54) is 12.1 Å². The Labute approximate surface area is 156 Å². The molecule has 0 saturated heterocycles. The molecule has 5 N–H and O–H groups in total. The number of anilines is 1. The maximum atomic E-state index is 11.4. The van der Waals surface area contributed by atoms with Gasteiger partial charge in [0.15, 0.2) is 11.4 Å². The summed E-state index contributed by atoms with van der Waals surface area (Å²) in [7, 11) is 0. The lowest BCUT2D eigenvalue weighted by molar-refractivity contribution is -0.996. The zero-order chi connectivity index (χ0) is 18.7. The van der Waals surface area contributed by atoms with Crippen LogP contribution in [0, 0.1) is 10.4 Å². The summed E-state index contributed by atoms with van der Waals surface area (Å²) in [5.41, 5.74) is 3.47. The van der Waals surface area contributed by atoms with Gasteiger partial charge in [0.1, 0.15) is 5.69 Å². The third-order valence-corrected chi connectivity index (χ3v) is 4.48. The Morgan fingerprint density at radius 1 is 0.962 bits per heavy atom. The van der Waals surface area contributed by atoms with E-state index in [0.29, 0.717) is 0 Å². The first-order valence-corrected chi connectivity index (χ1v) is 8.33. The first-order valence-electron chi connectivity index (χ1n) is 7.54. The summed E-state index contributed by atoms with van der Waals surface area (Å²) in [6, 6.07) is 15.4. The molecule has 0 fully saturated rings. The van der Waals surface area contributed by atoms with E-state index < -0.39 is 10.5 Å². The van der Waals surface area contributed by atoms with Crippen molar-refractivity contribution < 1.29 is 20.9 Å². The fourth-order valence-electron chi connectivity index (χ4n) is 2.53. The van der Waals surface area contributed by atoms with E-state index in [1.54, 1.807) is 6.21 Å². The number of halogens is 1. The monoisotopic (exact) mass is 418 g/mol. The van der Waals surface area contributed by atoms with Crippen molar-refractivity contribution in [2.75, 3.05) is 5.43 Å². The number of fused-ring (bicyclic) bond motifs is 1. The fraction of sp³-hybridized carbons (Fsp3) is 0. The van der Waals surface area contributed by atoms with Crippen molar-refractivity contribution in [3.8, 4) is 0 Å². The molecule has 0 aliphatic heterocycles. The minimum absolute atomic E-state index is 0.101. The molecule has 0 amide bonds. The van der Waals surface area contributed by atoms with Gasteiger partial charge in [-0.3, -0.25) is 5.43 Å². The summed E-state index contributed by atoms with van der Waals surface area (Å²) < 4.78 is 0.968. The Morgan fingerprint density at radius 2 is 1.69 bits per heavy atom. The van der Waals surface area contributed by atoms with Gasteiger partial charge in [0.25, 0.3) is 0 Å². The van der Waals surface area contributed by atoms with Crippen LogP contribution in [-0.2, 0) is 0 Å². The van der Waals surface area contributed by atoms with Gasteiger partial charge < -0.3 is 10.4 Å². The van der Waals surface area contributed by atoms with Crippen LogP contribution in [0.2, 0.25) is 0 Å². The highest BCUT2D eigenvalue weighted by molar-refractivity contribution is 9.10. The fourth-order valence-corrected chi connectivity index (χ4v) is 3.03. The van der Waals surface area contributed by atoms with Crippen LogP contribution in [0.25, 0.3) is 10.8 Å². The standard InChI is InChI=1S/C17H15BrN4O4/c18-15-6-2-4-13-11(3-1-5-14(13)15)10-19-20-16-8-7-12(21(23)24)9-17(16)22(25)26/h1-10,20-23,25H. The van der Waals surface area contributed by atoms with E-state index in [9.17, 15) is 15.6 Å². The van der Waals surface area contributed by atoms with Crippen molar-refractivity contribution >= 4 is 50.0 Å². The SMILES string of the molecule is [O-][NH+](O)c1ccc(NN=Cc2cccc3c(Br)cccc23)c([NH+]([O-])O)c1. The van der Waals surface area contributed by atoms with Crippen LogP contribution < -0.4 is 15.9 Å². The number of hydrogen-bond donors (Lipinski definition) is 5. The van der Waals surface area contributed by atoms with Crippen LogP contribution in [-0.4, -0.2) is 16.6 Å². The second kappa shape index (κ2) is 7.89. The number of rotatable bonds is 5. The highest BCUT2D eigenvalue weighted by Crippen LogP contribution is 2.26. The van der Waals surface area contributed by atoms with Gasteiger partial charge >= 0.3 is 0 Å². The molecule has 0 bridgehead atoms. The van der Waals surface area contributed by atoms with Crippen LogP contribution in [0.1, 0.15) is 5.56 Å². The van der Waals surface area contributed by atoms with Crippen molar-refractivity contribution in [1.82, 2.24) is 0 Å². The Balaban J connectivity index is 1.89. The Kier molecular flexibility index (Phi) is 5.59. The molecule has 26 heavy (non-hydrogen) atoms. The topological polar surface area (TPSA) is 120 Å². The van der Waals surface area contributed by atoms with Crippen LogP contribution >= 0.6 is 15.9 Å². The molecule has 2 atom stereocenters. The van der Waals surface area contributed by atoms with E-state index in [-0.39, 0.29) is 17.1 Å². The van der Waals surface area contributed by atoms with Crippen LogP contribution in [0.5, 0.6) is 0 Å². The molecule has 0 aliphatic rings. The molecular formula is C17H15BrN4O4. The van der Waals surface area contributed by atoms with E-state index in [2.05, 4.69) is 26.5 Å². The summed E-state index contributed by atoms with van der Waals surface area (Å²) in [4.78, 5) is 0. The predicted molar refractivity (Wildman–Crippen MR) is 101 cm³/mol. The summed E-state index contributed by atoms with van der Waals surface area (Å²) >= 11 is 3.51. The number of nitrogens with zero attached hydrogens (tertiary/aromatic N) is 1. The van der Waals surface area contributed by atoms with Crippen molar-refractivity contribution in [2.24, 2.45) is 5.10 Å². The van der Waals surface area contributed by atoms with Gasteiger partial charge in [-0.1, -0.05) is 46.3 Å². The molecule has 8 nitrogen and oxygen atoms in total. The number of hydrogen-bond acceptors (Lipinski definition) is 6. The number of hydrazone groups is 1. The number of nitrogens with one attached hydrogen (secondary N) is 3. The molecule has 0 aromatic heterocycles. The third kappa shape index (κ3) is 3.89. The quantitative estimate of drug-likeness (QED) is 0.320. The van der Waals surface area contributed by atoms with Crippen LogP contribution in [0.4, 0.5) is 17.1 Å². The van der Waals surface area contributed by atoms with Crippen molar-refractivity contribution in [1.29, 1.82) is 0 Å². The normalized spacial score (nSPS) is 13.9. The molecule has 134 valence electrons. The van der Waals surface area contributed by atoms with E-state index in [4.69, 9.17) is 5.21 Å². The summed E-state index contributed by atoms with van der Waals surface area (Å²) in [5, 5.41) is 44.3. The lowest BCUT2D eigenvalue weighted by Crippen LogP contribution is -3.00. The number of quaternary nitrogens is 2. The average molecular weight is 419 g/mol. The third-order valence-electron chi connectivity index (χ3n) is 3.79. The Hall–Kier alpha value is -2.37. The number of benzene rings is 3. The van der Waals surface area contributed by atoms with Crippen LogP contribution in [0.15, 0.2) is 64.2 Å². The molecule has 3 aromatic carbocycles. The molecule has 0 aliphatic carbocycles. The van der Waals surface area contributed by atoms with E-state index >= 15 is 0 Å². The molecule has 0 saturated carbocycles. The second-order valence-corrected chi connectivity index (χ2v) is 6.28. The first-order chi connectivity index (χ1) is 12.5. The van der Waals surface area contributed by atoms with Gasteiger partial charge in [0.2, 0.25) is 0 Å². The predicted octanol–water partition coefficient (Wildman–Crippen LogP) is 1.86. The molecule has 2 unspecified atom stereocenters. The minimum atomic E-state index is -1.24. The van der Waals surface area contributed by atoms with Gasteiger partial charge in [-0.2, -0.15) is 15.6 Å². The lowest BCUT2D eigenvalue weighted by atomic mass is 10.1. The van der Waals surface area contributed by atoms with Gasteiger partial charge in [0, 0.05) is 16.1 Å². The zero-order valence-corrected chi connectivity index (χ0v) is 14.9. The molecule has 0 radical (unpaired) electrons. The molecule has 0 heterocycles. The maximum absolute atomic E-state index is 11.4. The van der Waals surface area contributed by atoms with Gasteiger partial charge in [-0.25, -0.2) is 10.4 Å². The van der Waals surface area contributed by atoms with Crippen molar-refractivity contribution in [3.05, 3.63) is 75.0 Å². The van der Waals surface area contributed by atoms with E-state index in [0.717, 1.165) is 26.9 Å². The Bertz CT molecular complexity index is 963. The lowest BCUT2D eigenvalue weighted by Gasteiger charge is -2.18. The molecule has 3 aromatic rings. The average Bonchev–Trinajstić information content (AvgIpc) is 2.62. The Morgan fingerprint density at radius 3 is 2.42 bits per heavy atom. The maximum Gasteiger partial charge on any atom is 0.195 e. The van der Waals surface area contributed by atoms with Gasteiger partial charge in [-0.15, -0.1) is 0 Å². The smallest absolute Gasteiger partial charge is 0.195 e. The summed E-state index contributed by atoms with van der Waals surface area (Å²) in [5.74, 6) is 0. The second-order valence-electron chi connectivity index (χ2n) is 5.42. The molecule has 9 heteroatoms. The summed E-state index contributed by atoms with van der Waals surface area (Å²) in [6.45, 7) is 0. The van der Waals surface area contributed by atoms with Crippen LogP contribution in [0.3, 0.4) is 0 Å². The van der Waals surface area contributed by atoms with Gasteiger partial charge in [0.05, 0.1) is 12.3 Å². The molecule has 3 rings (SSSR count). The van der Waals surface area contributed by atoms with E-state index in [1.807, 2.05) is 36.4 Å². The van der Waals surface area contributed by atoms with Crippen molar-refractivity contribution in [3.63, 3.8) is 0 Å². The molecular weight excluding hydrogens is 404 g/mol. The largest absolute Gasteiger partial charge is 0.595 e. The highest BCUT2D eigenvalue weighted by atomic mass is 79.9. The highest BCUT2D eigenvalue weighted by Gasteiger charge is 2.13. The van der Waals surface area contributed by atoms with Crippen molar-refractivity contribution in [2.45, 2.75) is 0 Å². The molecule has 0 spiro atoms. The zero-order valence-electron chi connectivity index (χ0n) is 13.3.